The Hall–Kier alpha value is -2.86. The van der Waals surface area contributed by atoms with Crippen LogP contribution in [-0.2, 0) is 6.18 Å². The number of alkyl halides is 3. The predicted molar refractivity (Wildman–Crippen MR) is 106 cm³/mol. The first-order valence-corrected chi connectivity index (χ1v) is 9.24. The molecule has 7 heteroatoms. The summed E-state index contributed by atoms with van der Waals surface area (Å²) < 4.78 is 52.9. The van der Waals surface area contributed by atoms with Gasteiger partial charge in [0.15, 0.2) is 0 Å². The summed E-state index contributed by atoms with van der Waals surface area (Å²) in [6, 6.07) is 17.8. The molecule has 1 atom stereocenters. The maximum Gasteiger partial charge on any atom is 0.416 e. The Morgan fingerprint density at radius 1 is 0.931 bits per heavy atom. The van der Waals surface area contributed by atoms with Gasteiger partial charge in [-0.2, -0.15) is 18.3 Å². The molecule has 1 aliphatic rings. The van der Waals surface area contributed by atoms with Crippen LogP contribution >= 0.6 is 11.6 Å². The van der Waals surface area contributed by atoms with E-state index in [0.29, 0.717) is 22.8 Å². The summed E-state index contributed by atoms with van der Waals surface area (Å²) in [5.74, 6) is -0.365. The van der Waals surface area contributed by atoms with Crippen molar-refractivity contribution in [2.45, 2.75) is 18.6 Å². The SMILES string of the molecule is Fc1ccc(C2=NN(c3cccc(C(F)(F)F)c3)C(c3ccc(Cl)cc3)C2)cc1. The summed E-state index contributed by atoms with van der Waals surface area (Å²) in [4.78, 5) is 0. The Balaban J connectivity index is 1.77. The molecule has 148 valence electrons. The van der Waals surface area contributed by atoms with E-state index < -0.39 is 11.7 Å². The summed E-state index contributed by atoms with van der Waals surface area (Å²) in [6.45, 7) is 0. The van der Waals surface area contributed by atoms with Crippen molar-refractivity contribution >= 4 is 23.0 Å². The van der Waals surface area contributed by atoms with Crippen LogP contribution in [0, 0.1) is 5.82 Å². The van der Waals surface area contributed by atoms with Crippen LogP contribution in [0.5, 0.6) is 0 Å². The first-order chi connectivity index (χ1) is 13.8. The number of anilines is 1. The summed E-state index contributed by atoms with van der Waals surface area (Å²) in [7, 11) is 0. The third kappa shape index (κ3) is 4.12. The third-order valence-corrected chi connectivity index (χ3v) is 5.03. The highest BCUT2D eigenvalue weighted by molar-refractivity contribution is 6.30. The van der Waals surface area contributed by atoms with E-state index in [1.54, 1.807) is 35.3 Å². The topological polar surface area (TPSA) is 15.6 Å². The van der Waals surface area contributed by atoms with E-state index in [1.165, 1.54) is 18.2 Å². The largest absolute Gasteiger partial charge is 0.416 e. The van der Waals surface area contributed by atoms with Gasteiger partial charge in [-0.1, -0.05) is 41.9 Å². The van der Waals surface area contributed by atoms with Gasteiger partial charge in [0.1, 0.15) is 5.82 Å². The van der Waals surface area contributed by atoms with Gasteiger partial charge in [-0.05, 0) is 53.6 Å². The number of rotatable bonds is 3. The van der Waals surface area contributed by atoms with Crippen molar-refractivity contribution < 1.29 is 17.6 Å². The lowest BCUT2D eigenvalue weighted by molar-refractivity contribution is -0.137. The number of hydrogen-bond donors (Lipinski definition) is 0. The van der Waals surface area contributed by atoms with Crippen LogP contribution in [0.4, 0.5) is 23.2 Å². The predicted octanol–water partition coefficient (Wildman–Crippen LogP) is 6.85. The zero-order chi connectivity index (χ0) is 20.6. The minimum atomic E-state index is -4.45. The van der Waals surface area contributed by atoms with Gasteiger partial charge in [0.25, 0.3) is 0 Å². The van der Waals surface area contributed by atoms with Crippen molar-refractivity contribution in [2.24, 2.45) is 5.10 Å². The molecule has 2 nitrogen and oxygen atoms in total. The smallest absolute Gasteiger partial charge is 0.257 e. The minimum absolute atomic E-state index is 0.309. The maximum atomic E-state index is 13.3. The molecule has 3 aromatic carbocycles. The third-order valence-electron chi connectivity index (χ3n) is 4.78. The second-order valence-electron chi connectivity index (χ2n) is 6.72. The monoisotopic (exact) mass is 418 g/mol. The molecule has 3 aromatic rings. The lowest BCUT2D eigenvalue weighted by Gasteiger charge is -2.24. The van der Waals surface area contributed by atoms with Gasteiger partial charge < -0.3 is 0 Å². The normalized spacial score (nSPS) is 16.8. The Labute approximate surface area is 170 Å². The molecule has 0 N–H and O–H groups in total. The standard InChI is InChI=1S/C22H15ClF4N2/c23-17-8-4-15(5-9-17)21-13-20(14-6-10-18(24)11-7-14)28-29(21)19-3-1-2-16(12-19)22(25,26)27/h1-12,21H,13H2. The summed E-state index contributed by atoms with van der Waals surface area (Å²) in [5, 5.41) is 6.74. The van der Waals surface area contributed by atoms with Crippen LogP contribution in [-0.4, -0.2) is 5.71 Å². The maximum absolute atomic E-state index is 13.3. The van der Waals surface area contributed by atoms with Crippen LogP contribution in [0.3, 0.4) is 0 Å². The fraction of sp³-hybridized carbons (Fsp3) is 0.136. The van der Waals surface area contributed by atoms with Crippen molar-refractivity contribution in [3.63, 3.8) is 0 Å². The van der Waals surface area contributed by atoms with Crippen molar-refractivity contribution in [1.82, 2.24) is 0 Å². The highest BCUT2D eigenvalue weighted by Crippen LogP contribution is 2.39. The molecule has 0 radical (unpaired) electrons. The zero-order valence-electron chi connectivity index (χ0n) is 15.0. The number of benzene rings is 3. The van der Waals surface area contributed by atoms with E-state index in [2.05, 4.69) is 5.10 Å². The van der Waals surface area contributed by atoms with Crippen molar-refractivity contribution in [3.05, 3.63) is 100 Å². The summed E-state index contributed by atoms with van der Waals surface area (Å²) >= 11 is 5.98. The summed E-state index contributed by atoms with van der Waals surface area (Å²) in [6.07, 6.45) is -3.99. The zero-order valence-corrected chi connectivity index (χ0v) is 15.8. The summed E-state index contributed by atoms with van der Waals surface area (Å²) in [5.41, 5.74) is 1.85. The van der Waals surface area contributed by atoms with Gasteiger partial charge in [-0.3, -0.25) is 5.01 Å². The lowest BCUT2D eigenvalue weighted by atomic mass is 9.98. The highest BCUT2D eigenvalue weighted by Gasteiger charge is 2.34. The van der Waals surface area contributed by atoms with E-state index in [0.717, 1.165) is 23.3 Å². The van der Waals surface area contributed by atoms with E-state index in [9.17, 15) is 17.6 Å². The first-order valence-electron chi connectivity index (χ1n) is 8.86. The first kappa shape index (κ1) is 19.5. The van der Waals surface area contributed by atoms with E-state index in [1.807, 2.05) is 12.1 Å². The van der Waals surface area contributed by atoms with Crippen LogP contribution in [0.25, 0.3) is 0 Å². The molecule has 1 unspecified atom stereocenters. The average molecular weight is 419 g/mol. The molecule has 0 bridgehead atoms. The van der Waals surface area contributed by atoms with E-state index in [-0.39, 0.29) is 11.9 Å². The number of halogens is 5. The van der Waals surface area contributed by atoms with Gasteiger partial charge in [0.05, 0.1) is 23.0 Å². The van der Waals surface area contributed by atoms with Crippen molar-refractivity contribution in [3.8, 4) is 0 Å². The molecule has 0 saturated carbocycles. The second-order valence-corrected chi connectivity index (χ2v) is 7.15. The van der Waals surface area contributed by atoms with Gasteiger partial charge in [-0.15, -0.1) is 0 Å². The Morgan fingerprint density at radius 3 is 2.28 bits per heavy atom. The number of nitrogens with zero attached hydrogens (tertiary/aromatic N) is 2. The number of hydrogen-bond acceptors (Lipinski definition) is 2. The number of hydrazone groups is 1. The second kappa shape index (κ2) is 7.52. The van der Waals surface area contributed by atoms with Crippen molar-refractivity contribution in [2.75, 3.05) is 5.01 Å². The Morgan fingerprint density at radius 2 is 1.62 bits per heavy atom. The highest BCUT2D eigenvalue weighted by atomic mass is 35.5. The van der Waals surface area contributed by atoms with Crippen LogP contribution < -0.4 is 5.01 Å². The minimum Gasteiger partial charge on any atom is -0.257 e. The van der Waals surface area contributed by atoms with E-state index >= 15 is 0 Å². The van der Waals surface area contributed by atoms with Gasteiger partial charge in [-0.25, -0.2) is 4.39 Å². The molecule has 0 spiro atoms. The Bertz CT molecular complexity index is 1040. The molecule has 4 rings (SSSR count). The molecule has 0 amide bonds. The lowest BCUT2D eigenvalue weighted by Crippen LogP contribution is -2.19. The molecule has 0 fully saturated rings. The molecule has 0 saturated heterocycles. The fourth-order valence-corrected chi connectivity index (χ4v) is 3.46. The molecule has 1 heterocycles. The van der Waals surface area contributed by atoms with E-state index in [4.69, 9.17) is 11.6 Å². The van der Waals surface area contributed by atoms with Crippen LogP contribution in [0.2, 0.25) is 5.02 Å². The quantitative estimate of drug-likeness (QED) is 0.424. The molecule has 0 aliphatic carbocycles. The van der Waals surface area contributed by atoms with Crippen LogP contribution in [0.1, 0.15) is 29.2 Å². The molecule has 29 heavy (non-hydrogen) atoms. The van der Waals surface area contributed by atoms with Gasteiger partial charge in [0.2, 0.25) is 0 Å². The average Bonchev–Trinajstić information content (AvgIpc) is 3.14. The Kier molecular flexibility index (Phi) is 5.04. The van der Waals surface area contributed by atoms with Gasteiger partial charge >= 0.3 is 6.18 Å². The van der Waals surface area contributed by atoms with Crippen LogP contribution in [0.15, 0.2) is 77.9 Å². The fourth-order valence-electron chi connectivity index (χ4n) is 3.33. The van der Waals surface area contributed by atoms with Crippen molar-refractivity contribution in [1.29, 1.82) is 0 Å². The molecular weight excluding hydrogens is 404 g/mol. The molecule has 0 aromatic heterocycles. The molecular formula is C22H15ClF4N2. The molecule has 1 aliphatic heterocycles. The van der Waals surface area contributed by atoms with Gasteiger partial charge in [0, 0.05) is 11.4 Å².